The van der Waals surface area contributed by atoms with Gasteiger partial charge in [-0.15, -0.1) is 0 Å². The first-order valence-corrected chi connectivity index (χ1v) is 6.66. The summed E-state index contributed by atoms with van der Waals surface area (Å²) in [6.45, 7) is 6.66. The highest BCUT2D eigenvalue weighted by Gasteiger charge is 2.49. The maximum Gasteiger partial charge on any atom is 0.637 e. The van der Waals surface area contributed by atoms with Gasteiger partial charge in [0, 0.05) is 26.9 Å². The Hall–Kier alpha value is -0.633. The Morgan fingerprint density at radius 3 is 1.67 bits per heavy atom. The minimum absolute atomic E-state index is 0.407. The highest BCUT2D eigenvalue weighted by atomic mass is 28.4. The fourth-order valence-corrected chi connectivity index (χ4v) is 3.29. The van der Waals surface area contributed by atoms with E-state index in [-0.39, 0.29) is 0 Å². The first kappa shape index (κ1) is 14.4. The zero-order valence-corrected chi connectivity index (χ0v) is 10.8. The number of carbonyl (C=O) groups is 1. The number of hydrogen-bond acceptors (Lipinski definition) is 4. The molecule has 0 aliphatic carbocycles. The van der Waals surface area contributed by atoms with Gasteiger partial charge in [0.2, 0.25) is 0 Å². The molecule has 0 aliphatic rings. The Morgan fingerprint density at radius 2 is 1.47 bits per heavy atom. The molecule has 7 heteroatoms. The molecule has 0 aliphatic heterocycles. The van der Waals surface area contributed by atoms with Gasteiger partial charge in [-0.3, -0.25) is 4.57 Å². The molecule has 0 aromatic heterocycles. The second kappa shape index (κ2) is 6.78. The van der Waals surface area contributed by atoms with Crippen LogP contribution in [0.3, 0.4) is 0 Å². The van der Waals surface area contributed by atoms with E-state index in [9.17, 15) is 4.79 Å². The third-order valence-electron chi connectivity index (χ3n) is 1.72. The lowest BCUT2D eigenvalue weighted by Gasteiger charge is -2.33. The minimum atomic E-state index is -3.10. The molecule has 0 heterocycles. The topological polar surface area (TPSA) is 74.0 Å². The smallest absolute Gasteiger partial charge is 0.357 e. The Bertz CT molecular complexity index is 186. The van der Waals surface area contributed by atoms with Crippen molar-refractivity contribution in [1.29, 1.82) is 0 Å². The number of hydrogen-bond donors (Lipinski definition) is 1. The number of carbonyl (C=O) groups excluding carboxylic acids is 1. The number of urea groups is 1. The van der Waals surface area contributed by atoms with Crippen LogP contribution < -0.4 is 5.73 Å². The van der Waals surface area contributed by atoms with Crippen molar-refractivity contribution in [3.8, 4) is 0 Å². The van der Waals surface area contributed by atoms with Crippen molar-refractivity contribution in [2.75, 3.05) is 26.9 Å². The summed E-state index contributed by atoms with van der Waals surface area (Å²) in [5.41, 5.74) is 5.19. The summed E-state index contributed by atoms with van der Waals surface area (Å²) in [4.78, 5) is 11.1. The Balaban J connectivity index is 4.81. The summed E-state index contributed by atoms with van der Waals surface area (Å²) < 4.78 is 17.6. The van der Waals surface area contributed by atoms with Crippen LogP contribution in [-0.4, -0.2) is 46.4 Å². The van der Waals surface area contributed by atoms with E-state index in [2.05, 4.69) is 0 Å². The van der Waals surface area contributed by atoms with Crippen molar-refractivity contribution in [2.45, 2.75) is 20.8 Å². The average molecular weight is 236 g/mol. The molecule has 2 N–H and O–H groups in total. The summed E-state index contributed by atoms with van der Waals surface area (Å²) in [5, 5.41) is 0. The third-order valence-corrected chi connectivity index (χ3v) is 4.72. The van der Waals surface area contributed by atoms with Crippen LogP contribution in [0.1, 0.15) is 20.8 Å². The number of primary amides is 1. The van der Waals surface area contributed by atoms with Crippen LogP contribution in [0.15, 0.2) is 0 Å². The molecule has 0 saturated carbocycles. The van der Waals surface area contributed by atoms with E-state index in [4.69, 9.17) is 19.0 Å². The van der Waals surface area contributed by atoms with E-state index in [0.29, 0.717) is 19.8 Å². The van der Waals surface area contributed by atoms with E-state index >= 15 is 0 Å². The van der Waals surface area contributed by atoms with Crippen molar-refractivity contribution in [2.24, 2.45) is 5.73 Å². The monoisotopic (exact) mass is 236 g/mol. The van der Waals surface area contributed by atoms with Gasteiger partial charge in [0.05, 0.1) is 0 Å². The second-order valence-electron chi connectivity index (χ2n) is 2.72. The van der Waals surface area contributed by atoms with Crippen LogP contribution in [0.2, 0.25) is 0 Å². The van der Waals surface area contributed by atoms with Gasteiger partial charge >= 0.3 is 15.0 Å². The van der Waals surface area contributed by atoms with Gasteiger partial charge in [-0.1, -0.05) is 0 Å². The van der Waals surface area contributed by atoms with Gasteiger partial charge in [0.1, 0.15) is 0 Å². The maximum atomic E-state index is 11.1. The summed E-state index contributed by atoms with van der Waals surface area (Å²) >= 11 is 0. The fraction of sp³-hybridized carbons (Fsp3) is 0.875. The van der Waals surface area contributed by atoms with Crippen LogP contribution in [-0.2, 0) is 13.3 Å². The highest BCUT2D eigenvalue weighted by Crippen LogP contribution is 2.13. The lowest BCUT2D eigenvalue weighted by molar-refractivity contribution is 0.0338. The van der Waals surface area contributed by atoms with E-state index in [1.54, 1.807) is 0 Å². The molecule has 0 unspecified atom stereocenters. The average Bonchev–Trinajstić information content (AvgIpc) is 2.17. The van der Waals surface area contributed by atoms with Gasteiger partial charge in [0.25, 0.3) is 0 Å². The molecule has 2 amide bonds. The SMILES string of the molecule is CCO[Si](OCC)(OCC)N(C)C(N)=O. The molecule has 15 heavy (non-hydrogen) atoms. The zero-order valence-electron chi connectivity index (χ0n) is 9.78. The maximum absolute atomic E-state index is 11.1. The lowest BCUT2D eigenvalue weighted by Crippen LogP contribution is -2.62. The van der Waals surface area contributed by atoms with Crippen LogP contribution in [0.5, 0.6) is 0 Å². The Labute approximate surface area is 91.7 Å². The Morgan fingerprint density at radius 1 is 1.13 bits per heavy atom. The first-order chi connectivity index (χ1) is 7.04. The molecule has 0 aromatic rings. The fourth-order valence-electron chi connectivity index (χ4n) is 1.10. The third kappa shape index (κ3) is 3.78. The van der Waals surface area contributed by atoms with Crippen LogP contribution in [0, 0.1) is 0 Å². The largest absolute Gasteiger partial charge is 0.637 e. The molecular weight excluding hydrogens is 216 g/mol. The quantitative estimate of drug-likeness (QED) is 0.655. The molecule has 0 saturated heterocycles. The molecule has 0 rings (SSSR count). The lowest BCUT2D eigenvalue weighted by atomic mass is 10.9. The number of nitrogens with two attached hydrogens (primary N) is 1. The number of rotatable bonds is 7. The molecule has 0 bridgehead atoms. The predicted octanol–water partition coefficient (Wildman–Crippen LogP) is 0.542. The first-order valence-electron chi connectivity index (χ1n) is 4.99. The van der Waals surface area contributed by atoms with Gasteiger partial charge in [-0.2, -0.15) is 0 Å². The highest BCUT2D eigenvalue weighted by molar-refractivity contribution is 6.60. The van der Waals surface area contributed by atoms with Gasteiger partial charge in [-0.25, -0.2) is 4.79 Å². The summed E-state index contributed by atoms with van der Waals surface area (Å²) in [7, 11) is -1.58. The van der Waals surface area contributed by atoms with Crippen molar-refractivity contribution < 1.29 is 18.1 Å². The number of amides is 2. The van der Waals surface area contributed by atoms with Gasteiger partial charge in [0.15, 0.2) is 0 Å². The van der Waals surface area contributed by atoms with Crippen molar-refractivity contribution in [3.05, 3.63) is 0 Å². The molecule has 0 atom stereocenters. The normalized spacial score (nSPS) is 11.5. The molecule has 90 valence electrons. The molecule has 0 radical (unpaired) electrons. The standard InChI is InChI=1S/C8H20N2O4Si/c1-5-12-15(13-6-2,14-7-3)10(4)8(9)11/h5-7H2,1-4H3,(H2,9,11). The minimum Gasteiger partial charge on any atom is -0.357 e. The van der Waals surface area contributed by atoms with E-state index in [1.165, 1.54) is 11.6 Å². The van der Waals surface area contributed by atoms with Crippen LogP contribution in [0.4, 0.5) is 4.79 Å². The zero-order chi connectivity index (χ0) is 11.9. The van der Waals surface area contributed by atoms with Gasteiger partial charge in [-0.05, 0) is 20.8 Å². The summed E-state index contributed by atoms with van der Waals surface area (Å²) in [5.74, 6) is 0. The van der Waals surface area contributed by atoms with Crippen molar-refractivity contribution >= 4 is 15.0 Å². The summed E-state index contributed by atoms with van der Waals surface area (Å²) in [6.07, 6.45) is 0. The second-order valence-corrected chi connectivity index (χ2v) is 5.30. The van der Waals surface area contributed by atoms with Crippen LogP contribution >= 0.6 is 0 Å². The summed E-state index contributed by atoms with van der Waals surface area (Å²) in [6, 6.07) is -0.614. The van der Waals surface area contributed by atoms with Crippen molar-refractivity contribution in [1.82, 2.24) is 4.57 Å². The van der Waals surface area contributed by atoms with E-state index < -0.39 is 15.0 Å². The Kier molecular flexibility index (Phi) is 6.49. The molecule has 0 spiro atoms. The van der Waals surface area contributed by atoms with E-state index in [1.807, 2.05) is 20.8 Å². The molecular formula is C8H20N2O4Si. The van der Waals surface area contributed by atoms with Crippen molar-refractivity contribution in [3.63, 3.8) is 0 Å². The van der Waals surface area contributed by atoms with Gasteiger partial charge < -0.3 is 19.0 Å². The van der Waals surface area contributed by atoms with Crippen LogP contribution in [0.25, 0.3) is 0 Å². The van der Waals surface area contributed by atoms with E-state index in [0.717, 1.165) is 0 Å². The number of nitrogens with zero attached hydrogens (tertiary/aromatic N) is 1. The molecule has 0 fully saturated rings. The molecule has 0 aromatic carbocycles. The molecule has 6 nitrogen and oxygen atoms in total. The predicted molar refractivity (Wildman–Crippen MR) is 58.0 cm³/mol.